The Morgan fingerprint density at radius 1 is 0.926 bits per heavy atom. The van der Waals surface area contributed by atoms with Crippen molar-refractivity contribution in [2.24, 2.45) is 0 Å². The van der Waals surface area contributed by atoms with Gasteiger partial charge in [-0.05, 0) is 49.1 Å². The number of aromatic nitrogens is 1. The van der Waals surface area contributed by atoms with Crippen molar-refractivity contribution in [3.05, 3.63) is 102 Å². The van der Waals surface area contributed by atoms with Crippen LogP contribution in [0.4, 0.5) is 5.69 Å². The molecule has 0 saturated carbocycles. The summed E-state index contributed by atoms with van der Waals surface area (Å²) in [4.78, 5) is 4.24. The highest BCUT2D eigenvalue weighted by Crippen LogP contribution is 2.34. The molecule has 0 aliphatic carbocycles. The lowest BCUT2D eigenvalue weighted by Gasteiger charge is -2.36. The van der Waals surface area contributed by atoms with Crippen molar-refractivity contribution < 1.29 is 0 Å². The summed E-state index contributed by atoms with van der Waals surface area (Å²) >= 11 is 0. The SMILES string of the molecule is CC1(CCc2cccnc2)C=C(NCc2ccccc2)c2ccccc2N1. The topological polar surface area (TPSA) is 37.0 Å². The standard InChI is InChI=1S/C24H25N3/c1-24(14-13-20-10-7-15-25-17-20)16-23(21-11-5-6-12-22(21)27-24)26-18-19-8-3-2-4-9-19/h2-12,15-17,26-27H,13-14,18H2,1H3. The van der Waals surface area contributed by atoms with Gasteiger partial charge in [0.2, 0.25) is 0 Å². The maximum absolute atomic E-state index is 4.24. The number of pyridine rings is 1. The molecule has 0 spiro atoms. The van der Waals surface area contributed by atoms with E-state index in [0.717, 1.165) is 19.4 Å². The first-order valence-corrected chi connectivity index (χ1v) is 9.49. The molecule has 1 aliphatic rings. The van der Waals surface area contributed by atoms with Crippen LogP contribution in [0.25, 0.3) is 5.70 Å². The van der Waals surface area contributed by atoms with E-state index in [4.69, 9.17) is 0 Å². The van der Waals surface area contributed by atoms with Gasteiger partial charge in [-0.3, -0.25) is 4.98 Å². The predicted molar refractivity (Wildman–Crippen MR) is 112 cm³/mol. The maximum Gasteiger partial charge on any atom is 0.0554 e. The zero-order chi connectivity index (χ0) is 18.5. The van der Waals surface area contributed by atoms with Crippen molar-refractivity contribution in [3.8, 4) is 0 Å². The fraction of sp³-hybridized carbons (Fsp3) is 0.208. The summed E-state index contributed by atoms with van der Waals surface area (Å²) in [6, 6.07) is 23.2. The third kappa shape index (κ3) is 4.20. The molecule has 0 radical (unpaired) electrons. The van der Waals surface area contributed by atoms with E-state index in [9.17, 15) is 0 Å². The number of para-hydroxylation sites is 1. The number of nitrogens with one attached hydrogen (secondary N) is 2. The fourth-order valence-electron chi connectivity index (χ4n) is 3.59. The molecule has 136 valence electrons. The lowest BCUT2D eigenvalue weighted by atomic mass is 9.87. The maximum atomic E-state index is 4.24. The molecule has 3 nitrogen and oxygen atoms in total. The van der Waals surface area contributed by atoms with E-state index in [-0.39, 0.29) is 5.54 Å². The molecule has 3 aromatic rings. The highest BCUT2D eigenvalue weighted by Gasteiger charge is 2.28. The van der Waals surface area contributed by atoms with Crippen LogP contribution in [0, 0.1) is 0 Å². The zero-order valence-electron chi connectivity index (χ0n) is 15.7. The number of nitrogens with zero attached hydrogens (tertiary/aromatic N) is 1. The minimum atomic E-state index is -0.108. The van der Waals surface area contributed by atoms with Crippen molar-refractivity contribution in [1.82, 2.24) is 10.3 Å². The molecule has 0 bridgehead atoms. The van der Waals surface area contributed by atoms with Crippen LogP contribution >= 0.6 is 0 Å². The van der Waals surface area contributed by atoms with Crippen molar-refractivity contribution in [2.75, 3.05) is 5.32 Å². The Kier molecular flexibility index (Phi) is 4.93. The van der Waals surface area contributed by atoms with Gasteiger partial charge in [0, 0.05) is 35.9 Å². The van der Waals surface area contributed by atoms with Crippen LogP contribution in [0.3, 0.4) is 0 Å². The fourth-order valence-corrected chi connectivity index (χ4v) is 3.59. The lowest BCUT2D eigenvalue weighted by Crippen LogP contribution is -2.37. The molecule has 2 aromatic carbocycles. The monoisotopic (exact) mass is 355 g/mol. The molecule has 1 unspecified atom stereocenters. The normalized spacial score (nSPS) is 18.2. The summed E-state index contributed by atoms with van der Waals surface area (Å²) in [7, 11) is 0. The molecule has 0 fully saturated rings. The molecule has 1 atom stereocenters. The molecular formula is C24H25N3. The largest absolute Gasteiger partial charge is 0.381 e. The Hall–Kier alpha value is -3.07. The molecule has 1 aromatic heterocycles. The number of aryl methyl sites for hydroxylation is 1. The Morgan fingerprint density at radius 2 is 1.70 bits per heavy atom. The Morgan fingerprint density at radius 3 is 2.52 bits per heavy atom. The molecule has 27 heavy (non-hydrogen) atoms. The Labute approximate surface area is 161 Å². The van der Waals surface area contributed by atoms with E-state index in [1.165, 1.54) is 28.1 Å². The number of benzene rings is 2. The molecule has 3 heteroatoms. The lowest BCUT2D eigenvalue weighted by molar-refractivity contribution is 0.570. The van der Waals surface area contributed by atoms with Gasteiger partial charge in [0.1, 0.15) is 0 Å². The molecule has 4 rings (SSSR count). The first-order chi connectivity index (χ1) is 13.2. The van der Waals surface area contributed by atoms with Crippen molar-refractivity contribution in [2.45, 2.75) is 31.8 Å². The van der Waals surface area contributed by atoms with Crippen molar-refractivity contribution in [1.29, 1.82) is 0 Å². The molecule has 0 amide bonds. The van der Waals surface area contributed by atoms with Crippen LogP contribution in [0.5, 0.6) is 0 Å². The average Bonchev–Trinajstić information content (AvgIpc) is 2.72. The smallest absolute Gasteiger partial charge is 0.0554 e. The van der Waals surface area contributed by atoms with E-state index in [2.05, 4.69) is 89.3 Å². The highest BCUT2D eigenvalue weighted by atomic mass is 15.0. The van der Waals surface area contributed by atoms with Gasteiger partial charge in [0.25, 0.3) is 0 Å². The third-order valence-electron chi connectivity index (χ3n) is 5.08. The molecule has 1 aliphatic heterocycles. The van der Waals surface area contributed by atoms with Gasteiger partial charge in [-0.25, -0.2) is 0 Å². The zero-order valence-corrected chi connectivity index (χ0v) is 15.7. The summed E-state index contributed by atoms with van der Waals surface area (Å²) in [5.74, 6) is 0. The quantitative estimate of drug-likeness (QED) is 0.651. The summed E-state index contributed by atoms with van der Waals surface area (Å²) < 4.78 is 0. The molecule has 2 heterocycles. The van der Waals surface area contributed by atoms with Crippen LogP contribution in [0.1, 0.15) is 30.0 Å². The van der Waals surface area contributed by atoms with Crippen LogP contribution in [0.2, 0.25) is 0 Å². The number of rotatable bonds is 6. The highest BCUT2D eigenvalue weighted by molar-refractivity contribution is 5.80. The molecular weight excluding hydrogens is 330 g/mol. The minimum absolute atomic E-state index is 0.108. The van der Waals surface area contributed by atoms with Gasteiger partial charge in [-0.1, -0.05) is 54.6 Å². The first-order valence-electron chi connectivity index (χ1n) is 9.49. The third-order valence-corrected chi connectivity index (χ3v) is 5.08. The van der Waals surface area contributed by atoms with Gasteiger partial charge in [-0.15, -0.1) is 0 Å². The van der Waals surface area contributed by atoms with Gasteiger partial charge in [-0.2, -0.15) is 0 Å². The van der Waals surface area contributed by atoms with Crippen LogP contribution in [0.15, 0.2) is 85.2 Å². The number of anilines is 1. The van der Waals surface area contributed by atoms with E-state index >= 15 is 0 Å². The second-order valence-electron chi connectivity index (χ2n) is 7.35. The Balaban J connectivity index is 1.55. The van der Waals surface area contributed by atoms with Crippen molar-refractivity contribution >= 4 is 11.4 Å². The number of hydrogen-bond acceptors (Lipinski definition) is 3. The molecule has 2 N–H and O–H groups in total. The first kappa shape index (κ1) is 17.3. The second-order valence-corrected chi connectivity index (χ2v) is 7.35. The van der Waals surface area contributed by atoms with Gasteiger partial charge in [0.05, 0.1) is 5.54 Å². The summed E-state index contributed by atoms with van der Waals surface area (Å²) in [6.45, 7) is 3.09. The van der Waals surface area contributed by atoms with E-state index in [1.54, 1.807) is 0 Å². The number of fused-ring (bicyclic) bond motifs is 1. The summed E-state index contributed by atoms with van der Waals surface area (Å²) in [6.07, 6.45) is 8.12. The summed E-state index contributed by atoms with van der Waals surface area (Å²) in [5.41, 5.74) is 6.06. The van der Waals surface area contributed by atoms with Crippen LogP contribution in [-0.2, 0) is 13.0 Å². The Bertz CT molecular complexity index is 919. The van der Waals surface area contributed by atoms with Gasteiger partial charge < -0.3 is 10.6 Å². The average molecular weight is 355 g/mol. The van der Waals surface area contributed by atoms with E-state index < -0.39 is 0 Å². The van der Waals surface area contributed by atoms with Gasteiger partial charge in [0.15, 0.2) is 0 Å². The predicted octanol–water partition coefficient (Wildman–Crippen LogP) is 5.03. The van der Waals surface area contributed by atoms with E-state index in [0.29, 0.717) is 0 Å². The second kappa shape index (κ2) is 7.67. The van der Waals surface area contributed by atoms with Crippen LogP contribution in [-0.4, -0.2) is 10.5 Å². The van der Waals surface area contributed by atoms with E-state index in [1.807, 2.05) is 18.5 Å². The number of hydrogen-bond donors (Lipinski definition) is 2. The van der Waals surface area contributed by atoms with Crippen molar-refractivity contribution in [3.63, 3.8) is 0 Å². The summed E-state index contributed by atoms with van der Waals surface area (Å²) in [5, 5.41) is 7.39. The minimum Gasteiger partial charge on any atom is -0.381 e. The molecule has 0 saturated heterocycles. The van der Waals surface area contributed by atoms with Crippen LogP contribution < -0.4 is 10.6 Å². The van der Waals surface area contributed by atoms with Gasteiger partial charge >= 0.3 is 0 Å².